The second kappa shape index (κ2) is 6.89. The lowest BCUT2D eigenvalue weighted by Gasteiger charge is -2.30. The van der Waals surface area contributed by atoms with Gasteiger partial charge in [-0.15, -0.1) is 0 Å². The molecule has 2 atom stereocenters. The lowest BCUT2D eigenvalue weighted by Crippen LogP contribution is -2.43. The maximum atomic E-state index is 13.7. The molecule has 31 heavy (non-hydrogen) atoms. The molecule has 0 N–H and O–H groups in total. The van der Waals surface area contributed by atoms with Crippen LogP contribution in [0.4, 0.5) is 0 Å². The van der Waals surface area contributed by atoms with Gasteiger partial charge in [0, 0.05) is 36.4 Å². The molecule has 4 aliphatic rings. The maximum Gasteiger partial charge on any atom is 0.245 e. The van der Waals surface area contributed by atoms with Crippen LogP contribution in [0.3, 0.4) is 0 Å². The predicted octanol–water partition coefficient (Wildman–Crippen LogP) is 3.36. The van der Waals surface area contributed by atoms with Gasteiger partial charge in [0.05, 0.1) is 6.61 Å². The van der Waals surface area contributed by atoms with E-state index in [1.54, 1.807) is 4.90 Å². The van der Waals surface area contributed by atoms with Crippen molar-refractivity contribution < 1.29 is 23.7 Å². The van der Waals surface area contributed by atoms with Gasteiger partial charge in [-0.2, -0.15) is 0 Å². The molecule has 2 aromatic carbocycles. The first-order chi connectivity index (χ1) is 15.2. The van der Waals surface area contributed by atoms with Crippen molar-refractivity contribution in [2.45, 2.75) is 24.5 Å². The molecule has 2 aromatic rings. The average molecular weight is 417 g/mol. The standard InChI is InChI=1S/C25H23NO5/c1-26-18-8-5-9-19(30-14-16-6-3-2-4-7-16)23(18)25(24(26)27)15-31-20-13-22-21(12-17(20)25)28-10-11-29-22/h2-7,9,12-13,19H,8,10-11,14-15H2,1H3. The van der Waals surface area contributed by atoms with Crippen LogP contribution in [-0.2, 0) is 21.6 Å². The normalized spacial score (nSPS) is 25.6. The summed E-state index contributed by atoms with van der Waals surface area (Å²) in [6, 6.07) is 13.8. The Kier molecular flexibility index (Phi) is 4.11. The Morgan fingerprint density at radius 3 is 2.65 bits per heavy atom. The molecule has 0 bridgehead atoms. The summed E-state index contributed by atoms with van der Waals surface area (Å²) in [7, 11) is 1.84. The minimum Gasteiger partial charge on any atom is -0.491 e. The van der Waals surface area contributed by atoms with E-state index >= 15 is 0 Å². The molecule has 3 aliphatic heterocycles. The number of nitrogens with zero attached hydrogens (tertiary/aromatic N) is 1. The van der Waals surface area contributed by atoms with E-state index in [1.807, 2.05) is 49.5 Å². The molecule has 0 aromatic heterocycles. The number of ether oxygens (including phenoxy) is 4. The number of rotatable bonds is 3. The van der Waals surface area contributed by atoms with E-state index in [1.165, 1.54) is 0 Å². The summed E-state index contributed by atoms with van der Waals surface area (Å²) in [4.78, 5) is 15.5. The molecule has 158 valence electrons. The minimum atomic E-state index is -0.901. The number of carbonyl (C=O) groups excluding carboxylic acids is 1. The molecule has 1 spiro atoms. The lowest BCUT2D eigenvalue weighted by molar-refractivity contribution is -0.131. The average Bonchev–Trinajstić information content (AvgIpc) is 3.29. The van der Waals surface area contributed by atoms with Crippen LogP contribution in [-0.4, -0.2) is 43.8 Å². The first kappa shape index (κ1) is 18.5. The Labute approximate surface area is 180 Å². The Hall–Kier alpha value is -3.25. The molecule has 6 rings (SSSR count). The van der Waals surface area contributed by atoms with Crippen LogP contribution in [0.25, 0.3) is 0 Å². The van der Waals surface area contributed by atoms with Crippen LogP contribution in [0.15, 0.2) is 65.9 Å². The van der Waals surface area contributed by atoms with Crippen molar-refractivity contribution in [3.63, 3.8) is 0 Å². The Morgan fingerprint density at radius 2 is 1.84 bits per heavy atom. The summed E-state index contributed by atoms with van der Waals surface area (Å²) in [6.45, 7) is 1.73. The van der Waals surface area contributed by atoms with Crippen molar-refractivity contribution in [3.05, 3.63) is 77.0 Å². The second-order valence-corrected chi connectivity index (χ2v) is 8.26. The van der Waals surface area contributed by atoms with Crippen molar-refractivity contribution in [3.8, 4) is 17.2 Å². The van der Waals surface area contributed by atoms with Crippen molar-refractivity contribution in [1.29, 1.82) is 0 Å². The molecular weight excluding hydrogens is 394 g/mol. The minimum absolute atomic E-state index is 0.0185. The van der Waals surface area contributed by atoms with Gasteiger partial charge in [-0.3, -0.25) is 4.79 Å². The van der Waals surface area contributed by atoms with Crippen molar-refractivity contribution in [2.24, 2.45) is 0 Å². The Bertz CT molecular complexity index is 1120. The fourth-order valence-electron chi connectivity index (χ4n) is 5.09. The summed E-state index contributed by atoms with van der Waals surface area (Å²) >= 11 is 0. The smallest absolute Gasteiger partial charge is 0.245 e. The molecule has 3 heterocycles. The highest BCUT2D eigenvalue weighted by Crippen LogP contribution is 2.55. The van der Waals surface area contributed by atoms with Crippen LogP contribution >= 0.6 is 0 Å². The lowest BCUT2D eigenvalue weighted by atomic mass is 9.73. The van der Waals surface area contributed by atoms with Gasteiger partial charge >= 0.3 is 0 Å². The zero-order chi connectivity index (χ0) is 21.0. The highest BCUT2D eigenvalue weighted by Gasteiger charge is 2.59. The first-order valence-corrected chi connectivity index (χ1v) is 10.6. The highest BCUT2D eigenvalue weighted by atomic mass is 16.6. The quantitative estimate of drug-likeness (QED) is 0.717. The third kappa shape index (κ3) is 2.64. The zero-order valence-electron chi connectivity index (χ0n) is 17.3. The molecule has 6 nitrogen and oxygen atoms in total. The highest BCUT2D eigenvalue weighted by molar-refractivity contribution is 5.99. The van der Waals surface area contributed by atoms with Gasteiger partial charge in [0.15, 0.2) is 11.5 Å². The Balaban J connectivity index is 1.42. The van der Waals surface area contributed by atoms with Crippen molar-refractivity contribution in [1.82, 2.24) is 4.90 Å². The van der Waals surface area contributed by atoms with Gasteiger partial charge < -0.3 is 23.8 Å². The van der Waals surface area contributed by atoms with Crippen LogP contribution in [0.1, 0.15) is 17.5 Å². The molecule has 1 aliphatic carbocycles. The third-order valence-electron chi connectivity index (χ3n) is 6.57. The van der Waals surface area contributed by atoms with E-state index in [4.69, 9.17) is 18.9 Å². The Morgan fingerprint density at radius 1 is 1.06 bits per heavy atom. The van der Waals surface area contributed by atoms with Crippen LogP contribution in [0.2, 0.25) is 0 Å². The largest absolute Gasteiger partial charge is 0.491 e. The molecule has 2 unspecified atom stereocenters. The summed E-state index contributed by atoms with van der Waals surface area (Å²) in [5.41, 5.74) is 3.01. The van der Waals surface area contributed by atoms with Gasteiger partial charge in [0.2, 0.25) is 5.91 Å². The fourth-order valence-corrected chi connectivity index (χ4v) is 5.09. The van der Waals surface area contributed by atoms with Gasteiger partial charge in [-0.25, -0.2) is 0 Å². The van der Waals surface area contributed by atoms with E-state index in [2.05, 4.69) is 12.2 Å². The summed E-state index contributed by atoms with van der Waals surface area (Å²) < 4.78 is 24.0. The fraction of sp³-hybridized carbons (Fsp3) is 0.320. The molecule has 0 saturated carbocycles. The van der Waals surface area contributed by atoms with Crippen LogP contribution in [0, 0.1) is 0 Å². The topological polar surface area (TPSA) is 57.2 Å². The number of allylic oxidation sites excluding steroid dienone is 1. The van der Waals surface area contributed by atoms with E-state index in [9.17, 15) is 4.79 Å². The van der Waals surface area contributed by atoms with Crippen molar-refractivity contribution in [2.75, 3.05) is 26.9 Å². The van der Waals surface area contributed by atoms with Gasteiger partial charge in [-0.1, -0.05) is 42.5 Å². The summed E-state index contributed by atoms with van der Waals surface area (Å²) in [5, 5.41) is 0. The van der Waals surface area contributed by atoms with Crippen molar-refractivity contribution >= 4 is 5.91 Å². The van der Waals surface area contributed by atoms with Gasteiger partial charge in [-0.05, 0) is 11.6 Å². The van der Waals surface area contributed by atoms with Crippen LogP contribution in [0.5, 0.6) is 17.2 Å². The number of likely N-dealkylation sites (N-methyl/N-ethyl adjacent to an activating group) is 1. The van der Waals surface area contributed by atoms with Gasteiger partial charge in [0.1, 0.15) is 37.1 Å². The third-order valence-corrected chi connectivity index (χ3v) is 6.57. The van der Waals surface area contributed by atoms with E-state index in [0.29, 0.717) is 43.5 Å². The molecule has 6 heteroatoms. The monoisotopic (exact) mass is 417 g/mol. The number of carbonyl (C=O) groups is 1. The number of hydrogen-bond acceptors (Lipinski definition) is 5. The van der Waals surface area contributed by atoms with E-state index in [-0.39, 0.29) is 18.6 Å². The second-order valence-electron chi connectivity index (χ2n) is 8.26. The number of amides is 1. The number of fused-ring (bicyclic) bond motifs is 4. The summed E-state index contributed by atoms with van der Waals surface area (Å²) in [5.74, 6) is 2.02. The molecule has 0 fully saturated rings. The molecular formula is C25H23NO5. The molecule has 0 radical (unpaired) electrons. The number of benzene rings is 2. The molecule has 0 saturated heterocycles. The van der Waals surface area contributed by atoms with Crippen LogP contribution < -0.4 is 14.2 Å². The molecule has 1 amide bonds. The van der Waals surface area contributed by atoms with E-state index < -0.39 is 5.41 Å². The predicted molar refractivity (Wildman–Crippen MR) is 113 cm³/mol. The van der Waals surface area contributed by atoms with E-state index in [0.717, 1.165) is 22.4 Å². The number of hydrogen-bond donors (Lipinski definition) is 0. The van der Waals surface area contributed by atoms with Gasteiger partial charge in [0.25, 0.3) is 0 Å². The maximum absolute atomic E-state index is 13.7. The first-order valence-electron chi connectivity index (χ1n) is 10.6. The zero-order valence-corrected chi connectivity index (χ0v) is 17.3. The SMILES string of the molecule is CN1C(=O)C2(COc3cc4c(cc32)OCCO4)C2=C1CC=CC2OCc1ccccc1. The summed E-state index contributed by atoms with van der Waals surface area (Å²) in [6.07, 6.45) is 4.54.